The summed E-state index contributed by atoms with van der Waals surface area (Å²) in [5.74, 6) is -1.27. The summed E-state index contributed by atoms with van der Waals surface area (Å²) < 4.78 is 0. The van der Waals surface area contributed by atoms with Crippen LogP contribution in [0.5, 0.6) is 0 Å². The third kappa shape index (κ3) is 4.42. The summed E-state index contributed by atoms with van der Waals surface area (Å²) in [6, 6.07) is 0. The van der Waals surface area contributed by atoms with Crippen LogP contribution in [0.1, 0.15) is 37.4 Å². The number of aromatic nitrogens is 2. The molecule has 0 amide bonds. The lowest BCUT2D eigenvalue weighted by Gasteiger charge is -2.24. The second kappa shape index (κ2) is 8.47. The van der Waals surface area contributed by atoms with E-state index < -0.39 is 49.5 Å². The highest BCUT2D eigenvalue weighted by Gasteiger charge is 2.27. The molecule has 0 saturated heterocycles. The fourth-order valence-corrected chi connectivity index (χ4v) is 1.95. The van der Waals surface area contributed by atoms with Crippen molar-refractivity contribution in [1.82, 2.24) is 9.97 Å². The zero-order valence-electron chi connectivity index (χ0n) is 12.6. The molecule has 6 atom stereocenters. The van der Waals surface area contributed by atoms with E-state index in [0.717, 1.165) is 0 Å². The number of rotatable bonds is 8. The van der Waals surface area contributed by atoms with Gasteiger partial charge in [-0.2, -0.15) is 0 Å². The third-order valence-electron chi connectivity index (χ3n) is 3.88. The summed E-state index contributed by atoms with van der Waals surface area (Å²) in [6.45, 7) is 2.18. The van der Waals surface area contributed by atoms with E-state index in [4.69, 9.17) is 10.2 Å². The van der Waals surface area contributed by atoms with Crippen LogP contribution in [0.25, 0.3) is 0 Å². The van der Waals surface area contributed by atoms with Crippen LogP contribution in [-0.4, -0.2) is 66.0 Å². The van der Waals surface area contributed by atoms with Gasteiger partial charge in [-0.25, -0.2) is 0 Å². The van der Waals surface area contributed by atoms with Crippen molar-refractivity contribution >= 4 is 0 Å². The van der Waals surface area contributed by atoms with E-state index in [0.29, 0.717) is 0 Å². The molecule has 0 aliphatic heterocycles. The molecule has 0 bridgehead atoms. The van der Waals surface area contributed by atoms with Gasteiger partial charge in [-0.3, -0.25) is 9.97 Å². The van der Waals surface area contributed by atoms with E-state index in [1.807, 2.05) is 0 Å². The molecule has 6 N–H and O–H groups in total. The molecule has 1 heterocycles. The Kier molecular flexibility index (Phi) is 7.27. The van der Waals surface area contributed by atoms with Gasteiger partial charge in [0.1, 0.15) is 12.2 Å². The van der Waals surface area contributed by atoms with Gasteiger partial charge in [-0.05, 0) is 0 Å². The molecule has 22 heavy (non-hydrogen) atoms. The van der Waals surface area contributed by atoms with Crippen LogP contribution in [-0.2, 0) is 0 Å². The Labute approximate surface area is 128 Å². The van der Waals surface area contributed by atoms with Crippen LogP contribution in [0.15, 0.2) is 12.4 Å². The summed E-state index contributed by atoms with van der Waals surface area (Å²) >= 11 is 0. The van der Waals surface area contributed by atoms with Crippen molar-refractivity contribution in [2.75, 3.05) is 13.2 Å². The largest absolute Gasteiger partial charge is 0.394 e. The lowest BCUT2D eigenvalue weighted by molar-refractivity contribution is -0.0129. The Morgan fingerprint density at radius 2 is 1.09 bits per heavy atom. The molecule has 1 aromatic rings. The Morgan fingerprint density at radius 3 is 1.32 bits per heavy atom. The molecular formula is C14H24N2O6. The van der Waals surface area contributed by atoms with Gasteiger partial charge in [0.2, 0.25) is 0 Å². The average molecular weight is 316 g/mol. The van der Waals surface area contributed by atoms with Crippen molar-refractivity contribution in [2.45, 2.75) is 38.3 Å². The summed E-state index contributed by atoms with van der Waals surface area (Å²) in [6.07, 6.45) is -1.85. The predicted octanol–water partition coefficient (Wildman–Crippen LogP) is -1.48. The summed E-state index contributed by atoms with van der Waals surface area (Å²) in [5, 5.41) is 56.9. The molecule has 0 spiro atoms. The Hall–Kier alpha value is -1.16. The maximum atomic E-state index is 10.0. The highest BCUT2D eigenvalue weighted by molar-refractivity contribution is 5.09. The van der Waals surface area contributed by atoms with Crippen molar-refractivity contribution < 1.29 is 30.6 Å². The first-order chi connectivity index (χ1) is 10.3. The van der Waals surface area contributed by atoms with Gasteiger partial charge in [-0.15, -0.1) is 0 Å². The predicted molar refractivity (Wildman–Crippen MR) is 76.5 cm³/mol. The maximum Gasteiger partial charge on any atom is 0.103 e. The molecule has 1 aromatic heterocycles. The topological polar surface area (TPSA) is 147 Å². The van der Waals surface area contributed by atoms with Crippen LogP contribution in [0.3, 0.4) is 0 Å². The molecule has 0 saturated carbocycles. The van der Waals surface area contributed by atoms with Gasteiger partial charge < -0.3 is 30.6 Å². The van der Waals surface area contributed by atoms with Crippen molar-refractivity contribution in [3.05, 3.63) is 23.8 Å². The summed E-state index contributed by atoms with van der Waals surface area (Å²) in [5.41, 5.74) is 0.401. The molecule has 6 unspecified atom stereocenters. The molecular weight excluding hydrogens is 292 g/mol. The Morgan fingerprint density at radius 1 is 0.773 bits per heavy atom. The Bertz CT molecular complexity index is 402. The van der Waals surface area contributed by atoms with Gasteiger partial charge >= 0.3 is 0 Å². The standard InChI is InChI=1S/C14H24N2O6/c1-7(11(19)5-17)13(21)9-3-16-10(4-15-9)14(22)8(2)12(20)6-18/h3-4,7-8,11-14,17-22H,5-6H2,1-2H3. The fraction of sp³-hybridized carbons (Fsp3) is 0.714. The fourth-order valence-electron chi connectivity index (χ4n) is 1.95. The summed E-state index contributed by atoms with van der Waals surface area (Å²) in [4.78, 5) is 7.99. The normalized spacial score (nSPS) is 20.0. The Balaban J connectivity index is 2.82. The monoisotopic (exact) mass is 316 g/mol. The van der Waals surface area contributed by atoms with Gasteiger partial charge in [0.05, 0.1) is 49.2 Å². The number of nitrogens with zero attached hydrogens (tertiary/aromatic N) is 2. The van der Waals surface area contributed by atoms with E-state index in [9.17, 15) is 20.4 Å². The molecule has 8 heteroatoms. The first-order valence-electron chi connectivity index (χ1n) is 7.09. The molecule has 0 aromatic carbocycles. The number of hydrogen-bond donors (Lipinski definition) is 6. The van der Waals surface area contributed by atoms with E-state index in [2.05, 4.69) is 9.97 Å². The van der Waals surface area contributed by atoms with Crippen molar-refractivity contribution in [1.29, 1.82) is 0 Å². The molecule has 0 aliphatic carbocycles. The van der Waals surface area contributed by atoms with Crippen LogP contribution < -0.4 is 0 Å². The average Bonchev–Trinajstić information content (AvgIpc) is 2.57. The third-order valence-corrected chi connectivity index (χ3v) is 3.88. The molecule has 0 fully saturated rings. The lowest BCUT2D eigenvalue weighted by Crippen LogP contribution is -2.29. The van der Waals surface area contributed by atoms with Crippen LogP contribution in [0, 0.1) is 11.8 Å². The van der Waals surface area contributed by atoms with Gasteiger partial charge in [0.15, 0.2) is 0 Å². The zero-order valence-corrected chi connectivity index (χ0v) is 12.6. The number of aliphatic hydroxyl groups is 6. The van der Waals surface area contributed by atoms with Crippen molar-refractivity contribution in [3.8, 4) is 0 Å². The summed E-state index contributed by atoms with van der Waals surface area (Å²) in [7, 11) is 0. The molecule has 1 rings (SSSR count). The van der Waals surface area contributed by atoms with Crippen LogP contribution in [0.4, 0.5) is 0 Å². The quantitative estimate of drug-likeness (QED) is 0.340. The maximum absolute atomic E-state index is 10.0. The molecule has 0 radical (unpaired) electrons. The molecule has 0 aliphatic rings. The van der Waals surface area contributed by atoms with Gasteiger partial charge in [-0.1, -0.05) is 13.8 Å². The number of aliphatic hydroxyl groups excluding tert-OH is 6. The van der Waals surface area contributed by atoms with Gasteiger partial charge in [0.25, 0.3) is 0 Å². The van der Waals surface area contributed by atoms with Crippen molar-refractivity contribution in [3.63, 3.8) is 0 Å². The van der Waals surface area contributed by atoms with Crippen LogP contribution in [0.2, 0.25) is 0 Å². The second-order valence-corrected chi connectivity index (χ2v) is 5.47. The minimum absolute atomic E-state index is 0.200. The van der Waals surface area contributed by atoms with E-state index >= 15 is 0 Å². The van der Waals surface area contributed by atoms with E-state index in [-0.39, 0.29) is 11.4 Å². The van der Waals surface area contributed by atoms with E-state index in [1.165, 1.54) is 12.4 Å². The number of hydrogen-bond acceptors (Lipinski definition) is 8. The smallest absolute Gasteiger partial charge is 0.103 e. The second-order valence-electron chi connectivity index (χ2n) is 5.47. The minimum Gasteiger partial charge on any atom is -0.394 e. The highest BCUT2D eigenvalue weighted by Crippen LogP contribution is 2.25. The minimum atomic E-state index is -1.11. The lowest BCUT2D eigenvalue weighted by atomic mass is 9.95. The highest BCUT2D eigenvalue weighted by atomic mass is 16.3. The SMILES string of the molecule is CC(C(O)CO)C(O)c1cnc(C(O)C(C)C(O)CO)cn1. The van der Waals surface area contributed by atoms with Gasteiger partial charge in [0, 0.05) is 11.8 Å². The first kappa shape index (κ1) is 18.9. The molecule has 126 valence electrons. The zero-order chi connectivity index (χ0) is 16.9. The van der Waals surface area contributed by atoms with Crippen LogP contribution >= 0.6 is 0 Å². The first-order valence-corrected chi connectivity index (χ1v) is 7.09. The molecule has 8 nitrogen and oxygen atoms in total. The van der Waals surface area contributed by atoms with Crippen molar-refractivity contribution in [2.24, 2.45) is 11.8 Å². The van der Waals surface area contributed by atoms with E-state index in [1.54, 1.807) is 13.8 Å².